The number of ether oxygens (including phenoxy) is 4. The zero-order valence-corrected chi connectivity index (χ0v) is 26.1. The van der Waals surface area contributed by atoms with Gasteiger partial charge in [-0.15, -0.1) is 0 Å². The van der Waals surface area contributed by atoms with Gasteiger partial charge in [0, 0.05) is 24.3 Å². The number of fused-ring (bicyclic) bond motifs is 7. The van der Waals surface area contributed by atoms with Gasteiger partial charge >= 0.3 is 6.09 Å². The molecule has 1 aromatic heterocycles. The monoisotopic (exact) mass is 630 g/mol. The van der Waals surface area contributed by atoms with Crippen LogP contribution < -0.4 is 14.8 Å². The van der Waals surface area contributed by atoms with Crippen molar-refractivity contribution in [1.29, 1.82) is 0 Å². The largest absolute Gasteiger partial charge is 0.497 e. The van der Waals surface area contributed by atoms with Crippen molar-refractivity contribution in [2.24, 2.45) is 29.1 Å². The van der Waals surface area contributed by atoms with Gasteiger partial charge in [0.05, 0.1) is 43.9 Å². The number of amides is 2. The second-order valence-electron chi connectivity index (χ2n) is 13.8. The SMILES string of the molecule is COc1ccc2nc3c(nc2c1)O[C@H]1CN(C(=O)[C@H](C(C)(C)C)NC(=O)O[C@@H]2CC4CC4[C@H]2COCCC3(F)F)[C@H](C=O)[C@@H]1C. The second kappa shape index (κ2) is 11.6. The molecule has 6 rings (SSSR count). The molecule has 11 nitrogen and oxygen atoms in total. The van der Waals surface area contributed by atoms with Gasteiger partial charge in [-0.25, -0.2) is 14.8 Å². The maximum Gasteiger partial charge on any atom is 0.408 e. The number of alkyl carbamates (subject to hydrolysis) is 1. The Hall–Kier alpha value is -3.61. The van der Waals surface area contributed by atoms with E-state index in [0.29, 0.717) is 30.3 Å². The molecule has 2 amide bonds. The molecule has 13 heteroatoms. The fraction of sp³-hybridized carbons (Fsp3) is 0.656. The van der Waals surface area contributed by atoms with E-state index in [1.807, 2.05) is 0 Å². The first-order valence-electron chi connectivity index (χ1n) is 15.5. The van der Waals surface area contributed by atoms with Crippen LogP contribution in [0.25, 0.3) is 11.0 Å². The average molecular weight is 631 g/mol. The molecule has 3 heterocycles. The molecule has 1 aromatic carbocycles. The van der Waals surface area contributed by atoms with E-state index in [1.165, 1.54) is 12.0 Å². The van der Waals surface area contributed by atoms with Crippen molar-refractivity contribution >= 4 is 29.3 Å². The van der Waals surface area contributed by atoms with Crippen LogP contribution >= 0.6 is 0 Å². The maximum absolute atomic E-state index is 15.9. The first kappa shape index (κ1) is 31.4. The maximum atomic E-state index is 15.9. The van der Waals surface area contributed by atoms with Crippen molar-refractivity contribution in [2.75, 3.05) is 26.9 Å². The number of hydrogen-bond donors (Lipinski definition) is 1. The Morgan fingerprint density at radius 3 is 2.58 bits per heavy atom. The van der Waals surface area contributed by atoms with Crippen LogP contribution in [0.5, 0.6) is 11.6 Å². The molecule has 0 radical (unpaired) electrons. The quantitative estimate of drug-likeness (QED) is 0.488. The molecule has 4 aliphatic rings. The minimum absolute atomic E-state index is 0.0906. The molecule has 45 heavy (non-hydrogen) atoms. The first-order valence-corrected chi connectivity index (χ1v) is 15.5. The summed E-state index contributed by atoms with van der Waals surface area (Å²) in [5.74, 6) is -3.91. The number of benzene rings is 1. The smallest absolute Gasteiger partial charge is 0.408 e. The highest BCUT2D eigenvalue weighted by Gasteiger charge is 2.55. The summed E-state index contributed by atoms with van der Waals surface area (Å²) in [6.07, 6.45) is -0.452. The summed E-state index contributed by atoms with van der Waals surface area (Å²) in [5, 5.41) is 2.77. The predicted octanol–water partition coefficient (Wildman–Crippen LogP) is 4.11. The van der Waals surface area contributed by atoms with E-state index in [-0.39, 0.29) is 42.6 Å². The topological polar surface area (TPSA) is 129 Å². The van der Waals surface area contributed by atoms with Gasteiger partial charge in [-0.2, -0.15) is 8.78 Å². The molecule has 8 atom stereocenters. The van der Waals surface area contributed by atoms with E-state index < -0.39 is 65.7 Å². The third-order valence-electron chi connectivity index (χ3n) is 9.78. The molecular formula is C32H40F2N4O7. The number of carbonyl (C=O) groups excluding carboxylic acids is 3. The van der Waals surface area contributed by atoms with Gasteiger partial charge < -0.3 is 34.0 Å². The lowest BCUT2D eigenvalue weighted by atomic mass is 9.85. The van der Waals surface area contributed by atoms with Crippen molar-refractivity contribution in [3.63, 3.8) is 0 Å². The lowest BCUT2D eigenvalue weighted by molar-refractivity contribution is -0.139. The van der Waals surface area contributed by atoms with Crippen LogP contribution in [0.1, 0.15) is 52.7 Å². The summed E-state index contributed by atoms with van der Waals surface area (Å²) < 4.78 is 54.9. The molecule has 3 fully saturated rings. The molecule has 244 valence electrons. The van der Waals surface area contributed by atoms with Crippen molar-refractivity contribution in [2.45, 2.75) is 77.2 Å². The third kappa shape index (κ3) is 6.03. The minimum atomic E-state index is -3.48. The van der Waals surface area contributed by atoms with Crippen LogP contribution in [0.15, 0.2) is 18.2 Å². The number of aromatic nitrogens is 2. The number of aldehydes is 1. The summed E-state index contributed by atoms with van der Waals surface area (Å²) in [6, 6.07) is 2.77. The highest BCUT2D eigenvalue weighted by atomic mass is 19.3. The Labute approximate surface area is 260 Å². The number of methoxy groups -OCH3 is 1. The average Bonchev–Trinajstić information content (AvgIpc) is 3.56. The third-order valence-corrected chi connectivity index (χ3v) is 9.78. The number of alkyl halides is 2. The van der Waals surface area contributed by atoms with E-state index in [0.717, 1.165) is 6.42 Å². The van der Waals surface area contributed by atoms with E-state index in [9.17, 15) is 14.4 Å². The summed E-state index contributed by atoms with van der Waals surface area (Å²) in [7, 11) is 1.48. The van der Waals surface area contributed by atoms with Crippen LogP contribution in [-0.4, -0.2) is 84.3 Å². The Bertz CT molecular complexity index is 1480. The van der Waals surface area contributed by atoms with Crippen molar-refractivity contribution in [3.05, 3.63) is 23.9 Å². The number of carbonyl (C=O) groups is 3. The number of halogens is 2. The lowest BCUT2D eigenvalue weighted by Crippen LogP contribution is -2.56. The number of rotatable bonds is 2. The minimum Gasteiger partial charge on any atom is -0.497 e. The van der Waals surface area contributed by atoms with Gasteiger partial charge in [0.2, 0.25) is 11.8 Å². The Morgan fingerprint density at radius 2 is 1.87 bits per heavy atom. The van der Waals surface area contributed by atoms with E-state index >= 15 is 8.78 Å². The lowest BCUT2D eigenvalue weighted by Gasteiger charge is -2.35. The van der Waals surface area contributed by atoms with Crippen LogP contribution in [0.3, 0.4) is 0 Å². The standard InChI is InChI=1S/C32H40F2N4O7/c1-16-23(14-39)38-13-25(16)44-28-26(35-21-7-6-18(42-5)12-22(21)36-28)32(33,34)8-9-43-15-20-19-10-17(19)11-24(20)45-30(41)37-27(29(38)40)31(2,3)4/h6-7,12,14,16-17,19-20,23-25,27H,8-11,13,15H2,1-5H3,(H,37,41)/t16-,17?,19?,20+,23+,24+,25-,27+/m0/s1. The van der Waals surface area contributed by atoms with Gasteiger partial charge in [0.25, 0.3) is 5.92 Å². The summed E-state index contributed by atoms with van der Waals surface area (Å²) in [4.78, 5) is 49.7. The number of nitrogens with one attached hydrogen (secondary N) is 1. The molecule has 2 aromatic rings. The van der Waals surface area contributed by atoms with E-state index in [4.69, 9.17) is 18.9 Å². The normalized spacial score (nSPS) is 33.4. The highest BCUT2D eigenvalue weighted by Crippen LogP contribution is 2.56. The second-order valence-corrected chi connectivity index (χ2v) is 13.8. The molecular weight excluding hydrogens is 590 g/mol. The summed E-state index contributed by atoms with van der Waals surface area (Å²) >= 11 is 0. The van der Waals surface area contributed by atoms with Gasteiger partial charge in [0.1, 0.15) is 30.3 Å². The van der Waals surface area contributed by atoms with Crippen LogP contribution in [0, 0.1) is 29.1 Å². The zero-order chi connectivity index (χ0) is 32.3. The fourth-order valence-electron chi connectivity index (χ4n) is 7.00. The summed E-state index contributed by atoms with van der Waals surface area (Å²) in [5.41, 5.74) is -0.869. The highest BCUT2D eigenvalue weighted by molar-refractivity contribution is 5.89. The predicted molar refractivity (Wildman–Crippen MR) is 157 cm³/mol. The van der Waals surface area contributed by atoms with Gasteiger partial charge in [0.15, 0.2) is 5.69 Å². The van der Waals surface area contributed by atoms with Gasteiger partial charge in [-0.1, -0.05) is 27.7 Å². The van der Waals surface area contributed by atoms with Crippen molar-refractivity contribution < 1.29 is 42.1 Å². The van der Waals surface area contributed by atoms with Gasteiger partial charge in [-0.3, -0.25) is 4.79 Å². The molecule has 2 aliphatic heterocycles. The van der Waals surface area contributed by atoms with Crippen LogP contribution in [0.2, 0.25) is 0 Å². The first-order chi connectivity index (χ1) is 21.3. The number of nitrogens with zero attached hydrogens (tertiary/aromatic N) is 3. The molecule has 2 unspecified atom stereocenters. The summed E-state index contributed by atoms with van der Waals surface area (Å²) in [6.45, 7) is 6.94. The molecule has 2 bridgehead atoms. The molecule has 1 saturated heterocycles. The van der Waals surface area contributed by atoms with E-state index in [2.05, 4.69) is 15.3 Å². The van der Waals surface area contributed by atoms with E-state index in [1.54, 1.807) is 45.9 Å². The van der Waals surface area contributed by atoms with Crippen molar-refractivity contribution in [3.8, 4) is 11.6 Å². The molecule has 0 spiro atoms. The fourth-order valence-corrected chi connectivity index (χ4v) is 7.00. The Morgan fingerprint density at radius 1 is 1.09 bits per heavy atom. The Balaban J connectivity index is 1.39. The zero-order valence-electron chi connectivity index (χ0n) is 26.1. The van der Waals surface area contributed by atoms with Gasteiger partial charge in [-0.05, 0) is 42.2 Å². The number of hydrogen-bond acceptors (Lipinski definition) is 9. The molecule has 2 aliphatic carbocycles. The molecule has 2 saturated carbocycles. The molecule has 1 N–H and O–H groups in total. The van der Waals surface area contributed by atoms with Crippen LogP contribution in [-0.2, 0) is 25.0 Å². The Kier molecular flexibility index (Phi) is 8.11. The van der Waals surface area contributed by atoms with Crippen LogP contribution in [0.4, 0.5) is 13.6 Å². The van der Waals surface area contributed by atoms with Crippen molar-refractivity contribution in [1.82, 2.24) is 20.2 Å².